The molecule has 19 heavy (non-hydrogen) atoms. The first kappa shape index (κ1) is 13.9. The fourth-order valence-corrected chi connectivity index (χ4v) is 2.86. The number of hydrogen-bond donors (Lipinski definition) is 1. The van der Waals surface area contributed by atoms with Gasteiger partial charge in [0.2, 0.25) is 5.91 Å². The number of aliphatic imine (C=N–C) groups is 1. The minimum absolute atomic E-state index is 0.0233. The fraction of sp³-hybridized carbons (Fsp3) is 0.583. The molecule has 0 unspecified atom stereocenters. The molecule has 7 heteroatoms. The van der Waals surface area contributed by atoms with Crippen LogP contribution in [0, 0.1) is 0 Å². The van der Waals surface area contributed by atoms with Gasteiger partial charge in [0.05, 0.1) is 20.1 Å². The van der Waals surface area contributed by atoms with Crippen molar-refractivity contribution in [1.82, 2.24) is 10.2 Å². The van der Waals surface area contributed by atoms with Crippen LogP contribution in [-0.2, 0) is 14.3 Å². The van der Waals surface area contributed by atoms with E-state index in [1.54, 1.807) is 11.8 Å². The molecule has 2 rings (SSSR count). The molecule has 0 atom stereocenters. The third-order valence-electron chi connectivity index (χ3n) is 2.90. The SMILES string of the molecule is COC(=O)CCCNC(=O)CC1=CSC2=NCCN12. The fourth-order valence-electron chi connectivity index (χ4n) is 1.91. The Morgan fingerprint density at radius 2 is 2.42 bits per heavy atom. The molecule has 0 fully saturated rings. The van der Waals surface area contributed by atoms with Crippen LogP contribution < -0.4 is 5.32 Å². The van der Waals surface area contributed by atoms with E-state index >= 15 is 0 Å². The van der Waals surface area contributed by atoms with Crippen LogP contribution in [0.1, 0.15) is 19.3 Å². The summed E-state index contributed by atoms with van der Waals surface area (Å²) in [5.41, 5.74) is 1.01. The highest BCUT2D eigenvalue weighted by molar-refractivity contribution is 8.16. The second-order valence-corrected chi connectivity index (χ2v) is 5.09. The van der Waals surface area contributed by atoms with E-state index in [1.165, 1.54) is 7.11 Å². The number of rotatable bonds is 6. The van der Waals surface area contributed by atoms with Gasteiger partial charge in [-0.05, 0) is 11.8 Å². The number of amides is 1. The summed E-state index contributed by atoms with van der Waals surface area (Å²) in [6, 6.07) is 0. The molecule has 1 amide bonds. The Labute approximate surface area is 116 Å². The minimum atomic E-state index is -0.248. The maximum atomic E-state index is 11.8. The normalized spacial score (nSPS) is 16.8. The lowest BCUT2D eigenvalue weighted by Crippen LogP contribution is -2.29. The van der Waals surface area contributed by atoms with E-state index in [1.807, 2.05) is 5.41 Å². The van der Waals surface area contributed by atoms with E-state index in [0.717, 1.165) is 24.0 Å². The summed E-state index contributed by atoms with van der Waals surface area (Å²) < 4.78 is 4.53. The molecular formula is C12H17N3O3S. The van der Waals surface area contributed by atoms with Crippen molar-refractivity contribution in [3.63, 3.8) is 0 Å². The van der Waals surface area contributed by atoms with Gasteiger partial charge in [0.25, 0.3) is 0 Å². The summed E-state index contributed by atoms with van der Waals surface area (Å²) >= 11 is 1.57. The molecule has 104 valence electrons. The van der Waals surface area contributed by atoms with E-state index < -0.39 is 0 Å². The molecule has 0 saturated carbocycles. The number of fused-ring (bicyclic) bond motifs is 1. The van der Waals surface area contributed by atoms with Gasteiger partial charge in [0, 0.05) is 25.2 Å². The summed E-state index contributed by atoms with van der Waals surface area (Å²) in [7, 11) is 1.36. The quantitative estimate of drug-likeness (QED) is 0.574. The van der Waals surface area contributed by atoms with Crippen LogP contribution in [0.15, 0.2) is 16.1 Å². The van der Waals surface area contributed by atoms with Crippen LogP contribution in [0.3, 0.4) is 0 Å². The number of esters is 1. The highest BCUT2D eigenvalue weighted by atomic mass is 32.2. The lowest BCUT2D eigenvalue weighted by Gasteiger charge is -2.16. The summed E-state index contributed by atoms with van der Waals surface area (Å²) in [6.07, 6.45) is 1.30. The number of amidine groups is 1. The van der Waals surface area contributed by atoms with Gasteiger partial charge in [-0.3, -0.25) is 14.6 Å². The van der Waals surface area contributed by atoms with E-state index in [0.29, 0.717) is 25.8 Å². The van der Waals surface area contributed by atoms with Gasteiger partial charge in [-0.2, -0.15) is 0 Å². The first-order valence-corrected chi connectivity index (χ1v) is 7.10. The molecule has 6 nitrogen and oxygen atoms in total. The zero-order chi connectivity index (χ0) is 13.7. The van der Waals surface area contributed by atoms with Crippen molar-refractivity contribution in [2.24, 2.45) is 4.99 Å². The molecule has 2 aliphatic rings. The van der Waals surface area contributed by atoms with Gasteiger partial charge in [-0.1, -0.05) is 11.8 Å². The summed E-state index contributed by atoms with van der Waals surface area (Å²) in [6.45, 7) is 2.17. The van der Waals surface area contributed by atoms with Gasteiger partial charge < -0.3 is 15.0 Å². The molecule has 0 aliphatic carbocycles. The highest BCUT2D eigenvalue weighted by Crippen LogP contribution is 2.30. The van der Waals surface area contributed by atoms with Crippen molar-refractivity contribution < 1.29 is 14.3 Å². The van der Waals surface area contributed by atoms with Crippen molar-refractivity contribution in [2.75, 3.05) is 26.7 Å². The number of ether oxygens (including phenoxy) is 1. The van der Waals surface area contributed by atoms with Crippen LogP contribution in [0.2, 0.25) is 0 Å². The van der Waals surface area contributed by atoms with Crippen LogP contribution >= 0.6 is 11.8 Å². The molecule has 0 aromatic heterocycles. The number of thioether (sulfide) groups is 1. The van der Waals surface area contributed by atoms with Crippen LogP contribution in [0.4, 0.5) is 0 Å². The van der Waals surface area contributed by atoms with Crippen molar-refractivity contribution in [3.05, 3.63) is 11.1 Å². The maximum Gasteiger partial charge on any atom is 0.305 e. The van der Waals surface area contributed by atoms with E-state index in [4.69, 9.17) is 0 Å². The Balaban J connectivity index is 1.65. The second kappa shape index (κ2) is 6.60. The third kappa shape index (κ3) is 3.73. The smallest absolute Gasteiger partial charge is 0.305 e. The van der Waals surface area contributed by atoms with Crippen molar-refractivity contribution in [2.45, 2.75) is 19.3 Å². The minimum Gasteiger partial charge on any atom is -0.469 e. The number of methoxy groups -OCH3 is 1. The van der Waals surface area contributed by atoms with E-state index in [-0.39, 0.29) is 11.9 Å². The van der Waals surface area contributed by atoms with Crippen LogP contribution in [0.25, 0.3) is 0 Å². The average molecular weight is 283 g/mol. The van der Waals surface area contributed by atoms with Gasteiger partial charge in [0.1, 0.15) is 0 Å². The molecular weight excluding hydrogens is 266 g/mol. The molecule has 2 heterocycles. The maximum absolute atomic E-state index is 11.8. The monoisotopic (exact) mass is 283 g/mol. The molecule has 0 radical (unpaired) electrons. The van der Waals surface area contributed by atoms with Gasteiger partial charge in [-0.25, -0.2) is 0 Å². The Kier molecular flexibility index (Phi) is 4.84. The third-order valence-corrected chi connectivity index (χ3v) is 3.85. The Morgan fingerprint density at radius 3 is 3.21 bits per heavy atom. The molecule has 1 N–H and O–H groups in total. The predicted molar refractivity (Wildman–Crippen MR) is 73.6 cm³/mol. The Hall–Kier alpha value is -1.50. The molecule has 0 spiro atoms. The largest absolute Gasteiger partial charge is 0.469 e. The van der Waals surface area contributed by atoms with Crippen molar-refractivity contribution in [3.8, 4) is 0 Å². The molecule has 0 saturated heterocycles. The Morgan fingerprint density at radius 1 is 1.58 bits per heavy atom. The predicted octanol–water partition coefficient (Wildman–Crippen LogP) is 0.706. The average Bonchev–Trinajstić information content (AvgIpc) is 2.99. The lowest BCUT2D eigenvalue weighted by molar-refractivity contribution is -0.140. The molecule has 2 aliphatic heterocycles. The van der Waals surface area contributed by atoms with Crippen molar-refractivity contribution >= 4 is 28.8 Å². The zero-order valence-corrected chi connectivity index (χ0v) is 11.7. The van der Waals surface area contributed by atoms with Crippen molar-refractivity contribution in [1.29, 1.82) is 0 Å². The standard InChI is InChI=1S/C12H17N3O3S/c1-18-11(17)3-2-4-13-10(16)7-9-8-19-12-14-5-6-15(9)12/h8H,2-7H2,1H3,(H,13,16). The number of nitrogens with zero attached hydrogens (tertiary/aromatic N) is 2. The number of carbonyl (C=O) groups is 2. The van der Waals surface area contributed by atoms with Gasteiger partial charge >= 0.3 is 5.97 Å². The summed E-state index contributed by atoms with van der Waals surface area (Å²) in [5.74, 6) is -0.271. The van der Waals surface area contributed by atoms with Gasteiger partial charge in [0.15, 0.2) is 5.17 Å². The number of hydrogen-bond acceptors (Lipinski definition) is 6. The summed E-state index contributed by atoms with van der Waals surface area (Å²) in [4.78, 5) is 29.1. The number of carbonyl (C=O) groups excluding carboxylic acids is 2. The molecule has 0 bridgehead atoms. The number of nitrogens with one attached hydrogen (secondary N) is 1. The summed E-state index contributed by atoms with van der Waals surface area (Å²) in [5, 5.41) is 5.78. The Bertz CT molecular complexity index is 434. The zero-order valence-electron chi connectivity index (χ0n) is 10.8. The van der Waals surface area contributed by atoms with Crippen LogP contribution in [0.5, 0.6) is 0 Å². The molecule has 0 aromatic rings. The lowest BCUT2D eigenvalue weighted by atomic mass is 10.2. The topological polar surface area (TPSA) is 71.0 Å². The van der Waals surface area contributed by atoms with Gasteiger partial charge in [-0.15, -0.1) is 0 Å². The first-order chi connectivity index (χ1) is 9.20. The highest BCUT2D eigenvalue weighted by Gasteiger charge is 2.27. The van der Waals surface area contributed by atoms with E-state index in [2.05, 4.69) is 19.9 Å². The first-order valence-electron chi connectivity index (χ1n) is 6.22. The molecule has 0 aromatic carbocycles. The second-order valence-electron chi connectivity index (χ2n) is 4.25. The van der Waals surface area contributed by atoms with Crippen LogP contribution in [-0.4, -0.2) is 48.7 Å². The van der Waals surface area contributed by atoms with E-state index in [9.17, 15) is 9.59 Å².